The first-order chi connectivity index (χ1) is 11.5. The van der Waals surface area contributed by atoms with Crippen LogP contribution < -0.4 is 10.1 Å². The van der Waals surface area contributed by atoms with Gasteiger partial charge >= 0.3 is 5.97 Å². The summed E-state index contributed by atoms with van der Waals surface area (Å²) < 4.78 is 23.1. The number of halogens is 1. The Morgan fingerprint density at radius 3 is 2.29 bits per heavy atom. The maximum atomic E-state index is 12.8. The summed E-state index contributed by atoms with van der Waals surface area (Å²) in [5.41, 5.74) is 0.910. The minimum Gasteiger partial charge on any atom is -0.479 e. The number of hydrogen-bond donors (Lipinski definition) is 1. The number of amides is 1. The number of carbonyl (C=O) groups is 2. The van der Waals surface area contributed by atoms with Gasteiger partial charge in [-0.1, -0.05) is 0 Å². The predicted molar refractivity (Wildman–Crippen MR) is 87.5 cm³/mol. The monoisotopic (exact) mass is 331 g/mol. The number of nitrogens with one attached hydrogen (secondary N) is 1. The number of carbonyl (C=O) groups excluding carboxylic acids is 2. The lowest BCUT2D eigenvalue weighted by Gasteiger charge is -2.13. The summed E-state index contributed by atoms with van der Waals surface area (Å²) in [5, 5.41) is 2.66. The van der Waals surface area contributed by atoms with Gasteiger partial charge in [0, 0.05) is 11.3 Å². The van der Waals surface area contributed by atoms with Gasteiger partial charge < -0.3 is 14.8 Å². The maximum Gasteiger partial charge on any atom is 0.347 e. The third kappa shape index (κ3) is 4.81. The number of esters is 1. The second kappa shape index (κ2) is 8.10. The molecule has 6 heteroatoms. The highest BCUT2D eigenvalue weighted by Gasteiger charge is 2.15. The van der Waals surface area contributed by atoms with Crippen molar-refractivity contribution in [1.29, 1.82) is 0 Å². The molecule has 0 saturated heterocycles. The zero-order valence-electron chi connectivity index (χ0n) is 13.4. The molecule has 2 aromatic rings. The topological polar surface area (TPSA) is 64.6 Å². The lowest BCUT2D eigenvalue weighted by atomic mass is 10.2. The molecule has 0 fully saturated rings. The van der Waals surface area contributed by atoms with Crippen molar-refractivity contribution in [2.45, 2.75) is 20.0 Å². The summed E-state index contributed by atoms with van der Waals surface area (Å²) in [6, 6.07) is 11.8. The van der Waals surface area contributed by atoms with E-state index < -0.39 is 12.1 Å². The smallest absolute Gasteiger partial charge is 0.347 e. The fraction of sp³-hybridized carbons (Fsp3) is 0.222. The lowest BCUT2D eigenvalue weighted by Crippen LogP contribution is -2.26. The summed E-state index contributed by atoms with van der Waals surface area (Å²) in [6.07, 6.45) is -0.733. The Morgan fingerprint density at radius 1 is 1.08 bits per heavy atom. The fourth-order valence-electron chi connectivity index (χ4n) is 1.93. The summed E-state index contributed by atoms with van der Waals surface area (Å²) in [6.45, 7) is 3.60. The van der Waals surface area contributed by atoms with E-state index in [2.05, 4.69) is 5.32 Å². The van der Waals surface area contributed by atoms with Crippen molar-refractivity contribution in [2.75, 3.05) is 11.9 Å². The molecule has 0 aliphatic carbocycles. The SMILES string of the molecule is CCOC(=O)[C@H](C)Oc1ccc(C(=O)Nc2ccc(F)cc2)cc1. The molecule has 0 aliphatic heterocycles. The molecule has 0 saturated carbocycles. The van der Waals surface area contributed by atoms with Crippen molar-refractivity contribution in [2.24, 2.45) is 0 Å². The lowest BCUT2D eigenvalue weighted by molar-refractivity contribution is -0.150. The highest BCUT2D eigenvalue weighted by atomic mass is 19.1. The molecule has 0 radical (unpaired) electrons. The molecule has 5 nitrogen and oxygen atoms in total. The van der Waals surface area contributed by atoms with E-state index in [1.165, 1.54) is 24.3 Å². The van der Waals surface area contributed by atoms with E-state index >= 15 is 0 Å². The highest BCUT2D eigenvalue weighted by Crippen LogP contribution is 2.16. The molecule has 0 unspecified atom stereocenters. The van der Waals surface area contributed by atoms with Crippen LogP contribution in [0.2, 0.25) is 0 Å². The van der Waals surface area contributed by atoms with Crippen LogP contribution in [0.15, 0.2) is 48.5 Å². The molecule has 1 amide bonds. The first kappa shape index (κ1) is 17.5. The van der Waals surface area contributed by atoms with E-state index in [9.17, 15) is 14.0 Å². The Hall–Kier alpha value is -2.89. The molecule has 0 bridgehead atoms. The van der Waals surface area contributed by atoms with Crippen LogP contribution in [0.5, 0.6) is 5.75 Å². The van der Waals surface area contributed by atoms with Crippen LogP contribution in [-0.4, -0.2) is 24.6 Å². The van der Waals surface area contributed by atoms with Crippen LogP contribution in [0.1, 0.15) is 24.2 Å². The molecule has 0 spiro atoms. The van der Waals surface area contributed by atoms with E-state index in [-0.39, 0.29) is 18.3 Å². The second-order valence-corrected chi connectivity index (χ2v) is 5.00. The van der Waals surface area contributed by atoms with Crippen LogP contribution in [0, 0.1) is 5.82 Å². The minimum atomic E-state index is -0.733. The number of ether oxygens (including phenoxy) is 2. The molecule has 126 valence electrons. The van der Waals surface area contributed by atoms with E-state index in [0.717, 1.165) is 0 Å². The molecule has 2 rings (SSSR count). The Kier molecular flexibility index (Phi) is 5.89. The Morgan fingerprint density at radius 2 is 1.71 bits per heavy atom. The molecule has 0 aromatic heterocycles. The number of benzene rings is 2. The van der Waals surface area contributed by atoms with Gasteiger partial charge in [0.15, 0.2) is 6.10 Å². The third-order valence-electron chi connectivity index (χ3n) is 3.15. The van der Waals surface area contributed by atoms with Crippen LogP contribution in [0.4, 0.5) is 10.1 Å². The summed E-state index contributed by atoms with van der Waals surface area (Å²) >= 11 is 0. The van der Waals surface area contributed by atoms with E-state index in [1.807, 2.05) is 0 Å². The van der Waals surface area contributed by atoms with Gasteiger partial charge in [0.1, 0.15) is 11.6 Å². The predicted octanol–water partition coefficient (Wildman–Crippen LogP) is 3.41. The molecule has 0 aliphatic rings. The normalized spacial score (nSPS) is 11.5. The number of rotatable bonds is 6. The van der Waals surface area contributed by atoms with Crippen molar-refractivity contribution in [3.8, 4) is 5.75 Å². The summed E-state index contributed by atoms with van der Waals surface area (Å²) in [7, 11) is 0. The average Bonchev–Trinajstić information content (AvgIpc) is 2.57. The maximum absolute atomic E-state index is 12.8. The van der Waals surface area contributed by atoms with Crippen molar-refractivity contribution in [3.05, 3.63) is 59.9 Å². The summed E-state index contributed by atoms with van der Waals surface area (Å²) in [5.74, 6) is -0.693. The Balaban J connectivity index is 1.97. The minimum absolute atomic E-state index is 0.287. The van der Waals surface area contributed by atoms with Gasteiger partial charge in [0.2, 0.25) is 0 Å². The van der Waals surface area contributed by atoms with Gasteiger partial charge in [-0.05, 0) is 62.4 Å². The summed E-state index contributed by atoms with van der Waals surface area (Å²) in [4.78, 5) is 23.6. The van der Waals surface area contributed by atoms with Crippen LogP contribution in [-0.2, 0) is 9.53 Å². The molecule has 2 aromatic carbocycles. The standard InChI is InChI=1S/C18H18FNO4/c1-3-23-18(22)12(2)24-16-10-4-13(5-11-16)17(21)20-15-8-6-14(19)7-9-15/h4-12H,3H2,1-2H3,(H,20,21)/t12-/m0/s1. The van der Waals surface area contributed by atoms with Crippen LogP contribution in [0.3, 0.4) is 0 Å². The second-order valence-electron chi connectivity index (χ2n) is 5.00. The van der Waals surface area contributed by atoms with Gasteiger partial charge in [0.05, 0.1) is 6.61 Å². The molecular weight excluding hydrogens is 313 g/mol. The van der Waals surface area contributed by atoms with Gasteiger partial charge in [0.25, 0.3) is 5.91 Å². The number of anilines is 1. The fourth-order valence-corrected chi connectivity index (χ4v) is 1.93. The molecule has 0 heterocycles. The average molecular weight is 331 g/mol. The van der Waals surface area contributed by atoms with Crippen molar-refractivity contribution in [3.63, 3.8) is 0 Å². The number of hydrogen-bond acceptors (Lipinski definition) is 4. The third-order valence-corrected chi connectivity index (χ3v) is 3.15. The van der Waals surface area contributed by atoms with Crippen molar-refractivity contribution in [1.82, 2.24) is 0 Å². The van der Waals surface area contributed by atoms with E-state index in [4.69, 9.17) is 9.47 Å². The zero-order chi connectivity index (χ0) is 17.5. The van der Waals surface area contributed by atoms with E-state index in [1.54, 1.807) is 38.1 Å². The van der Waals surface area contributed by atoms with Crippen LogP contribution in [0.25, 0.3) is 0 Å². The van der Waals surface area contributed by atoms with Gasteiger partial charge in [-0.25, -0.2) is 9.18 Å². The molecule has 24 heavy (non-hydrogen) atoms. The Labute approximate surface area is 139 Å². The van der Waals surface area contributed by atoms with Gasteiger partial charge in [-0.3, -0.25) is 4.79 Å². The largest absolute Gasteiger partial charge is 0.479 e. The highest BCUT2D eigenvalue weighted by molar-refractivity contribution is 6.04. The Bertz CT molecular complexity index is 698. The van der Waals surface area contributed by atoms with Gasteiger partial charge in [-0.2, -0.15) is 0 Å². The molecule has 1 atom stereocenters. The van der Waals surface area contributed by atoms with Gasteiger partial charge in [-0.15, -0.1) is 0 Å². The molecular formula is C18H18FNO4. The first-order valence-corrected chi connectivity index (χ1v) is 7.50. The first-order valence-electron chi connectivity index (χ1n) is 7.50. The zero-order valence-corrected chi connectivity index (χ0v) is 13.4. The quantitative estimate of drug-likeness (QED) is 0.824. The van der Waals surface area contributed by atoms with Crippen molar-refractivity contribution >= 4 is 17.6 Å². The van der Waals surface area contributed by atoms with Crippen LogP contribution >= 0.6 is 0 Å². The van der Waals surface area contributed by atoms with E-state index in [0.29, 0.717) is 17.0 Å². The molecule has 1 N–H and O–H groups in total. The van der Waals surface area contributed by atoms with Crippen molar-refractivity contribution < 1.29 is 23.5 Å².